The summed E-state index contributed by atoms with van der Waals surface area (Å²) >= 11 is 0. The quantitative estimate of drug-likeness (QED) is 0.358. The highest BCUT2D eigenvalue weighted by atomic mass is 16.4. The summed E-state index contributed by atoms with van der Waals surface area (Å²) in [6.45, 7) is 7.34. The summed E-state index contributed by atoms with van der Waals surface area (Å²) in [4.78, 5) is 16.1. The van der Waals surface area contributed by atoms with Gasteiger partial charge in [-0.05, 0) is 55.0 Å². The Hall–Kier alpha value is -3.38. The number of carboxylic acids is 1. The van der Waals surface area contributed by atoms with E-state index in [0.717, 1.165) is 30.2 Å². The molecule has 0 aliphatic carbocycles. The monoisotopic (exact) mass is 458 g/mol. The molecule has 3 aromatic rings. The average molecular weight is 459 g/mol. The zero-order valence-corrected chi connectivity index (χ0v) is 20.1. The summed E-state index contributed by atoms with van der Waals surface area (Å²) in [6.07, 6.45) is 2.31. The van der Waals surface area contributed by atoms with E-state index < -0.39 is 11.4 Å². The maximum atomic E-state index is 11.6. The van der Waals surface area contributed by atoms with Crippen LogP contribution in [0.25, 0.3) is 0 Å². The van der Waals surface area contributed by atoms with E-state index in [1.165, 1.54) is 11.1 Å². The number of hydrogen-bond donors (Lipinski definition) is 4. The van der Waals surface area contributed by atoms with E-state index in [1.807, 2.05) is 36.5 Å². The zero-order chi connectivity index (χ0) is 24.1. The van der Waals surface area contributed by atoms with Crippen LogP contribution >= 0.6 is 0 Å². The maximum absolute atomic E-state index is 11.6. The SMILES string of the molecule is CC(CN[C@H](c1ccccc1)[C@H]1CNc2cccnc2N1)c1cccc(CC(C)(C)C(=O)O)c1. The average Bonchev–Trinajstić information content (AvgIpc) is 2.84. The Labute approximate surface area is 201 Å². The normalized spacial score (nSPS) is 17.1. The van der Waals surface area contributed by atoms with Crippen molar-refractivity contribution in [3.05, 3.63) is 89.6 Å². The standard InChI is InChI=1S/C28H34N4O2/c1-19(22-12-7-9-20(15-22)16-28(2,3)27(33)34)17-31-25(21-10-5-4-6-11-21)24-18-30-23-13-8-14-29-26(23)32-24/h4-15,19,24-25,30-31H,16-18H2,1-3H3,(H,29,32)(H,33,34)/t19?,24-,25-/m1/s1. The zero-order valence-electron chi connectivity index (χ0n) is 20.1. The van der Waals surface area contributed by atoms with Gasteiger partial charge in [0.1, 0.15) is 5.82 Å². The van der Waals surface area contributed by atoms with Gasteiger partial charge in [0, 0.05) is 19.3 Å². The molecule has 178 valence electrons. The molecule has 2 heterocycles. The smallest absolute Gasteiger partial charge is 0.309 e. The van der Waals surface area contributed by atoms with Gasteiger partial charge in [0.15, 0.2) is 0 Å². The highest BCUT2D eigenvalue weighted by molar-refractivity contribution is 5.74. The Morgan fingerprint density at radius 3 is 2.65 bits per heavy atom. The van der Waals surface area contributed by atoms with E-state index in [-0.39, 0.29) is 18.0 Å². The third kappa shape index (κ3) is 5.57. The Kier molecular flexibility index (Phi) is 7.17. The van der Waals surface area contributed by atoms with Gasteiger partial charge in [-0.1, -0.05) is 61.5 Å². The van der Waals surface area contributed by atoms with Crippen LogP contribution in [0.2, 0.25) is 0 Å². The lowest BCUT2D eigenvalue weighted by Gasteiger charge is -2.35. The number of benzene rings is 2. The molecule has 0 spiro atoms. The molecule has 4 N–H and O–H groups in total. The summed E-state index contributed by atoms with van der Waals surface area (Å²) < 4.78 is 0. The lowest BCUT2D eigenvalue weighted by atomic mass is 9.85. The van der Waals surface area contributed by atoms with Crippen LogP contribution in [0.4, 0.5) is 11.5 Å². The van der Waals surface area contributed by atoms with Crippen LogP contribution in [0.5, 0.6) is 0 Å². The summed E-state index contributed by atoms with van der Waals surface area (Å²) in [6, 6.07) is 23.0. The first kappa shape index (κ1) is 23.8. The first-order chi connectivity index (χ1) is 16.3. The lowest BCUT2D eigenvalue weighted by Crippen LogP contribution is -2.45. The molecule has 6 heteroatoms. The molecule has 1 unspecified atom stereocenters. The van der Waals surface area contributed by atoms with Gasteiger partial charge in [0.25, 0.3) is 0 Å². The number of pyridine rings is 1. The van der Waals surface area contributed by atoms with Crippen molar-refractivity contribution in [3.63, 3.8) is 0 Å². The molecular weight excluding hydrogens is 424 g/mol. The van der Waals surface area contributed by atoms with Crippen molar-refractivity contribution in [3.8, 4) is 0 Å². The minimum absolute atomic E-state index is 0.0976. The van der Waals surface area contributed by atoms with Gasteiger partial charge in [-0.3, -0.25) is 4.79 Å². The second-order valence-electron chi connectivity index (χ2n) is 9.84. The van der Waals surface area contributed by atoms with Gasteiger partial charge < -0.3 is 21.1 Å². The van der Waals surface area contributed by atoms with Gasteiger partial charge in [-0.15, -0.1) is 0 Å². The molecule has 0 radical (unpaired) electrons. The van der Waals surface area contributed by atoms with Crippen molar-refractivity contribution in [2.24, 2.45) is 5.41 Å². The van der Waals surface area contributed by atoms with Crippen LogP contribution in [0.3, 0.4) is 0 Å². The highest BCUT2D eigenvalue weighted by Gasteiger charge is 2.29. The Morgan fingerprint density at radius 1 is 1.12 bits per heavy atom. The van der Waals surface area contributed by atoms with Crippen molar-refractivity contribution in [1.29, 1.82) is 0 Å². The van der Waals surface area contributed by atoms with Crippen molar-refractivity contribution in [1.82, 2.24) is 10.3 Å². The number of carbonyl (C=O) groups is 1. The number of nitrogens with zero attached hydrogens (tertiary/aromatic N) is 1. The maximum Gasteiger partial charge on any atom is 0.309 e. The van der Waals surface area contributed by atoms with E-state index >= 15 is 0 Å². The minimum atomic E-state index is -0.789. The molecule has 34 heavy (non-hydrogen) atoms. The van der Waals surface area contributed by atoms with Crippen LogP contribution in [0.1, 0.15) is 49.4 Å². The van der Waals surface area contributed by atoms with Gasteiger partial charge in [0.2, 0.25) is 0 Å². The minimum Gasteiger partial charge on any atom is -0.481 e. The summed E-state index contributed by atoms with van der Waals surface area (Å²) in [5.41, 5.74) is 3.73. The second-order valence-corrected chi connectivity index (χ2v) is 9.84. The fourth-order valence-electron chi connectivity index (χ4n) is 4.48. The molecule has 1 aromatic heterocycles. The molecule has 0 amide bonds. The van der Waals surface area contributed by atoms with E-state index in [2.05, 4.69) is 64.3 Å². The number of rotatable bonds is 9. The molecule has 6 nitrogen and oxygen atoms in total. The van der Waals surface area contributed by atoms with Crippen LogP contribution in [-0.4, -0.2) is 35.2 Å². The Bertz CT molecular complexity index is 1120. The molecule has 1 aliphatic heterocycles. The number of aliphatic carboxylic acids is 1. The van der Waals surface area contributed by atoms with E-state index in [9.17, 15) is 9.90 Å². The third-order valence-electron chi connectivity index (χ3n) is 6.59. The molecule has 0 bridgehead atoms. The van der Waals surface area contributed by atoms with Gasteiger partial charge in [-0.2, -0.15) is 0 Å². The molecule has 0 saturated carbocycles. The third-order valence-corrected chi connectivity index (χ3v) is 6.59. The summed E-state index contributed by atoms with van der Waals surface area (Å²) in [5, 5.41) is 20.4. The van der Waals surface area contributed by atoms with Crippen LogP contribution in [0, 0.1) is 5.41 Å². The van der Waals surface area contributed by atoms with Gasteiger partial charge in [-0.25, -0.2) is 4.98 Å². The number of carboxylic acid groups (broad SMARTS) is 1. The van der Waals surface area contributed by atoms with Crippen molar-refractivity contribution >= 4 is 17.5 Å². The van der Waals surface area contributed by atoms with Crippen LogP contribution in [0.15, 0.2) is 72.9 Å². The molecular formula is C28H34N4O2. The number of fused-ring (bicyclic) bond motifs is 1. The van der Waals surface area contributed by atoms with Crippen molar-refractivity contribution < 1.29 is 9.90 Å². The largest absolute Gasteiger partial charge is 0.481 e. The van der Waals surface area contributed by atoms with Gasteiger partial charge >= 0.3 is 5.97 Å². The van der Waals surface area contributed by atoms with E-state index in [4.69, 9.17) is 0 Å². The van der Waals surface area contributed by atoms with Gasteiger partial charge in [0.05, 0.1) is 23.2 Å². The molecule has 2 aromatic carbocycles. The number of hydrogen-bond acceptors (Lipinski definition) is 5. The van der Waals surface area contributed by atoms with E-state index in [1.54, 1.807) is 13.8 Å². The Morgan fingerprint density at radius 2 is 1.88 bits per heavy atom. The number of aromatic nitrogens is 1. The fourth-order valence-corrected chi connectivity index (χ4v) is 4.48. The molecule has 4 rings (SSSR count). The van der Waals surface area contributed by atoms with Crippen molar-refractivity contribution in [2.45, 2.75) is 45.2 Å². The first-order valence-corrected chi connectivity index (χ1v) is 11.9. The molecule has 1 aliphatic rings. The predicted octanol–water partition coefficient (Wildman–Crippen LogP) is 5.08. The van der Waals surface area contributed by atoms with Crippen molar-refractivity contribution in [2.75, 3.05) is 23.7 Å². The first-order valence-electron chi connectivity index (χ1n) is 11.9. The van der Waals surface area contributed by atoms with E-state index in [0.29, 0.717) is 6.42 Å². The molecule has 3 atom stereocenters. The summed E-state index contributed by atoms with van der Waals surface area (Å²) in [7, 11) is 0. The summed E-state index contributed by atoms with van der Waals surface area (Å²) in [5.74, 6) is 0.368. The topological polar surface area (TPSA) is 86.3 Å². The number of nitrogens with one attached hydrogen (secondary N) is 3. The Balaban J connectivity index is 1.48. The molecule has 0 fully saturated rings. The fraction of sp³-hybridized carbons (Fsp3) is 0.357. The highest BCUT2D eigenvalue weighted by Crippen LogP contribution is 2.29. The van der Waals surface area contributed by atoms with Crippen LogP contribution < -0.4 is 16.0 Å². The lowest BCUT2D eigenvalue weighted by molar-refractivity contribution is -0.146. The van der Waals surface area contributed by atoms with Crippen LogP contribution in [-0.2, 0) is 11.2 Å². The molecule has 0 saturated heterocycles. The number of anilines is 2. The predicted molar refractivity (Wildman–Crippen MR) is 137 cm³/mol. The second kappa shape index (κ2) is 10.3.